The van der Waals surface area contributed by atoms with Crippen molar-refractivity contribution < 1.29 is 42.9 Å². The Kier molecular flexibility index (Phi) is 59.1. The molecule has 0 fully saturated rings. The van der Waals surface area contributed by atoms with E-state index in [0.717, 1.165) is 103 Å². The van der Waals surface area contributed by atoms with Gasteiger partial charge in [0.15, 0.2) is 12.4 Å². The lowest BCUT2D eigenvalue weighted by Gasteiger charge is -2.26. The number of hydrogen-bond acceptors (Lipinski definition) is 8. The fraction of sp³-hybridized carbons (Fsp3) is 0.608. The molecule has 0 spiro atoms. The number of carbonyl (C=O) groups excluding carboxylic acids is 3. The Bertz CT molecular complexity index is 1920. The Labute approximate surface area is 508 Å². The van der Waals surface area contributed by atoms with Crippen LogP contribution in [0.1, 0.15) is 232 Å². The Balaban J connectivity index is 4.30. The Morgan fingerprint density at radius 1 is 0.361 bits per heavy atom. The summed E-state index contributed by atoms with van der Waals surface area (Å²) < 4.78 is 22.7. The minimum Gasteiger partial charge on any atom is -0.545 e. The maximum Gasteiger partial charge on any atom is 0.306 e. The summed E-state index contributed by atoms with van der Waals surface area (Å²) in [6, 6.07) is 0. The fourth-order valence-electron chi connectivity index (χ4n) is 8.35. The molecular formula is C74H119NO8. The normalized spacial score (nSPS) is 13.8. The third kappa shape index (κ3) is 64.3. The van der Waals surface area contributed by atoms with E-state index in [4.69, 9.17) is 18.9 Å². The summed E-state index contributed by atoms with van der Waals surface area (Å²) in [5.74, 6) is -2.38. The molecule has 0 radical (unpaired) electrons. The number of aliphatic carboxylic acids is 1. The number of ether oxygens (including phenoxy) is 4. The lowest BCUT2D eigenvalue weighted by atomic mass is 10.0. The smallest absolute Gasteiger partial charge is 0.306 e. The Morgan fingerprint density at radius 2 is 0.663 bits per heavy atom. The van der Waals surface area contributed by atoms with E-state index in [1.165, 1.54) is 89.9 Å². The number of unbranched alkanes of at least 4 members (excludes halogenated alkanes) is 17. The first-order valence-corrected chi connectivity index (χ1v) is 32.6. The summed E-state index contributed by atoms with van der Waals surface area (Å²) in [5, 5.41) is 11.8. The van der Waals surface area contributed by atoms with Crippen LogP contribution < -0.4 is 5.11 Å². The summed E-state index contributed by atoms with van der Waals surface area (Å²) in [4.78, 5) is 37.4. The van der Waals surface area contributed by atoms with Gasteiger partial charge in [-0.2, -0.15) is 0 Å². The molecule has 9 nitrogen and oxygen atoms in total. The Morgan fingerprint density at radius 3 is 1.00 bits per heavy atom. The zero-order valence-electron chi connectivity index (χ0n) is 53.2. The van der Waals surface area contributed by atoms with Crippen LogP contribution in [-0.2, 0) is 33.3 Å². The molecule has 0 aromatic carbocycles. The van der Waals surface area contributed by atoms with Gasteiger partial charge in [-0.25, -0.2) is 0 Å². The molecule has 0 aromatic rings. The number of carboxylic acids is 1. The molecule has 0 heterocycles. The molecule has 0 aliphatic rings. The third-order valence-electron chi connectivity index (χ3n) is 13.3. The number of carbonyl (C=O) groups is 3. The molecule has 2 atom stereocenters. The van der Waals surface area contributed by atoms with Crippen LogP contribution in [0, 0.1) is 0 Å². The van der Waals surface area contributed by atoms with Crippen LogP contribution in [0.4, 0.5) is 0 Å². The van der Waals surface area contributed by atoms with Gasteiger partial charge in [0.05, 0.1) is 40.3 Å². The quantitative estimate of drug-likeness (QED) is 0.0195. The first kappa shape index (κ1) is 77.9. The van der Waals surface area contributed by atoms with Gasteiger partial charge in [-0.05, 0) is 116 Å². The van der Waals surface area contributed by atoms with Gasteiger partial charge in [0, 0.05) is 12.8 Å². The molecule has 0 bridgehead atoms. The van der Waals surface area contributed by atoms with Crippen LogP contribution in [-0.4, -0.2) is 82.3 Å². The van der Waals surface area contributed by atoms with Gasteiger partial charge >= 0.3 is 11.9 Å². The second-order valence-corrected chi connectivity index (χ2v) is 22.3. The maximum atomic E-state index is 12.9. The number of allylic oxidation sites excluding steroid dienone is 26. The molecule has 83 heavy (non-hydrogen) atoms. The predicted molar refractivity (Wildman–Crippen MR) is 352 cm³/mol. The standard InChI is InChI=1S/C74H119NO8/c1-6-8-10-12-14-16-18-20-22-24-26-28-30-32-34-36-38-40-42-44-46-48-50-52-54-56-58-60-62-64-71(76)81-68-70(69-82-74(73(78)79)80-67-66-75(3,4)5)83-72(77)65-63-61-59-57-55-53-51-49-47-45-43-41-39-37-35-33-31-29-27-25-23-21-19-17-15-13-11-9-7-2/h8-11,14-17,20-23,26-29,33,35,39,41,45,47,51,53,57,59,70,74H,6-7,12-13,18-19,24-25,30-32,34,36-38,40,42-44,46,48-50,52,54-56,58,60-69H2,1-5H3/b10-8-,11-9-,16-14-,17-15-,22-20-,23-21-,28-26-,29-27-,35-33-,41-39-,47-45-,53-51-,59-57-. The van der Waals surface area contributed by atoms with Gasteiger partial charge < -0.3 is 33.3 Å². The number of quaternary nitrogens is 1. The summed E-state index contributed by atoms with van der Waals surface area (Å²) in [7, 11) is 5.90. The highest BCUT2D eigenvalue weighted by atomic mass is 16.7. The van der Waals surface area contributed by atoms with Crippen molar-refractivity contribution in [1.29, 1.82) is 0 Å². The molecule has 2 unspecified atom stereocenters. The van der Waals surface area contributed by atoms with Crippen molar-refractivity contribution in [2.45, 2.75) is 245 Å². The summed E-state index contributed by atoms with van der Waals surface area (Å²) in [5.41, 5.74) is 0. The van der Waals surface area contributed by atoms with Gasteiger partial charge in [-0.1, -0.05) is 262 Å². The van der Waals surface area contributed by atoms with Crippen LogP contribution in [0.15, 0.2) is 158 Å². The number of esters is 2. The topological polar surface area (TPSA) is 111 Å². The van der Waals surface area contributed by atoms with Crippen molar-refractivity contribution in [3.63, 3.8) is 0 Å². The highest BCUT2D eigenvalue weighted by Crippen LogP contribution is 2.16. The minimum atomic E-state index is -1.65. The molecule has 0 aromatic heterocycles. The zero-order chi connectivity index (χ0) is 60.5. The van der Waals surface area contributed by atoms with E-state index in [2.05, 4.69) is 172 Å². The number of carboxylic acid groups (broad SMARTS) is 1. The first-order valence-electron chi connectivity index (χ1n) is 32.6. The monoisotopic (exact) mass is 1150 g/mol. The fourth-order valence-corrected chi connectivity index (χ4v) is 8.35. The molecule has 9 heteroatoms. The number of likely N-dealkylation sites (N-methyl/N-ethyl adjacent to an activating group) is 1. The number of hydrogen-bond donors (Lipinski definition) is 0. The van der Waals surface area contributed by atoms with Crippen molar-refractivity contribution >= 4 is 17.9 Å². The first-order chi connectivity index (χ1) is 40.6. The highest BCUT2D eigenvalue weighted by Gasteiger charge is 2.22. The van der Waals surface area contributed by atoms with E-state index in [-0.39, 0.29) is 38.6 Å². The van der Waals surface area contributed by atoms with Gasteiger partial charge in [-0.15, -0.1) is 0 Å². The van der Waals surface area contributed by atoms with Gasteiger partial charge in [0.2, 0.25) is 0 Å². The summed E-state index contributed by atoms with van der Waals surface area (Å²) in [6.07, 6.45) is 90.3. The van der Waals surface area contributed by atoms with Crippen molar-refractivity contribution in [2.24, 2.45) is 0 Å². The average Bonchev–Trinajstić information content (AvgIpc) is 3.46. The molecule has 0 aliphatic carbocycles. The van der Waals surface area contributed by atoms with Gasteiger partial charge in [-0.3, -0.25) is 9.59 Å². The largest absolute Gasteiger partial charge is 0.545 e. The predicted octanol–water partition coefficient (Wildman–Crippen LogP) is 18.8. The van der Waals surface area contributed by atoms with Gasteiger partial charge in [0.25, 0.3) is 0 Å². The summed E-state index contributed by atoms with van der Waals surface area (Å²) >= 11 is 0. The van der Waals surface area contributed by atoms with Crippen molar-refractivity contribution in [1.82, 2.24) is 0 Å². The zero-order valence-corrected chi connectivity index (χ0v) is 53.2. The van der Waals surface area contributed by atoms with Crippen molar-refractivity contribution in [2.75, 3.05) is 47.5 Å². The van der Waals surface area contributed by atoms with E-state index in [1.807, 2.05) is 21.1 Å². The molecule has 0 N–H and O–H groups in total. The van der Waals surface area contributed by atoms with Crippen LogP contribution >= 0.6 is 0 Å². The Hall–Kier alpha value is -5.09. The second kappa shape index (κ2) is 62.9. The maximum absolute atomic E-state index is 12.9. The molecule has 0 saturated heterocycles. The van der Waals surface area contributed by atoms with E-state index < -0.39 is 24.3 Å². The van der Waals surface area contributed by atoms with Crippen LogP contribution in [0.25, 0.3) is 0 Å². The van der Waals surface area contributed by atoms with E-state index in [0.29, 0.717) is 23.9 Å². The minimum absolute atomic E-state index is 0.129. The number of nitrogens with zero attached hydrogens (tertiary/aromatic N) is 1. The second-order valence-electron chi connectivity index (χ2n) is 22.3. The lowest BCUT2D eigenvalue weighted by Crippen LogP contribution is -2.44. The summed E-state index contributed by atoms with van der Waals surface area (Å²) in [6.45, 7) is 4.44. The van der Waals surface area contributed by atoms with Crippen LogP contribution in [0.5, 0.6) is 0 Å². The molecular weight excluding hydrogens is 1030 g/mol. The molecule has 0 rings (SSSR count). The van der Waals surface area contributed by atoms with E-state index in [9.17, 15) is 19.5 Å². The van der Waals surface area contributed by atoms with Crippen molar-refractivity contribution in [3.8, 4) is 0 Å². The molecule has 0 saturated carbocycles. The van der Waals surface area contributed by atoms with Crippen molar-refractivity contribution in [3.05, 3.63) is 158 Å². The number of rotatable bonds is 58. The third-order valence-corrected chi connectivity index (χ3v) is 13.3. The van der Waals surface area contributed by atoms with E-state index >= 15 is 0 Å². The SMILES string of the molecule is CC/C=C\C/C=C\C/C=C\C/C=C\C/C=C\C/C=C\C/C=C\C/C=C\C/C=C\CCCC(=O)OC(COC(=O)CCCCCCCCCCCCCCCCCC/C=C\C/C=C\C/C=C\C/C=C\CC)COC(OCC[N+](C)(C)C)C(=O)[O-]. The lowest BCUT2D eigenvalue weighted by molar-refractivity contribution is -0.870. The highest BCUT2D eigenvalue weighted by molar-refractivity contribution is 5.70. The van der Waals surface area contributed by atoms with Crippen LogP contribution in [0.2, 0.25) is 0 Å². The van der Waals surface area contributed by atoms with Crippen LogP contribution in [0.3, 0.4) is 0 Å². The molecule has 0 amide bonds. The average molecular weight is 1150 g/mol. The van der Waals surface area contributed by atoms with Gasteiger partial charge in [0.1, 0.15) is 13.2 Å². The van der Waals surface area contributed by atoms with E-state index in [1.54, 1.807) is 0 Å². The molecule has 468 valence electrons. The molecule has 0 aliphatic heterocycles.